The Morgan fingerprint density at radius 2 is 1.62 bits per heavy atom. The zero-order chi connectivity index (χ0) is 19.8. The van der Waals surface area contributed by atoms with E-state index >= 15 is 0 Å². The van der Waals surface area contributed by atoms with Crippen molar-refractivity contribution in [3.8, 4) is 39.6 Å². The smallest absolute Gasteiger partial charge is 0.180 e. The van der Waals surface area contributed by atoms with E-state index in [1.54, 1.807) is 0 Å². The minimum atomic E-state index is -0.907. The molecule has 2 aromatic carbocycles. The second-order valence-corrected chi connectivity index (χ2v) is 6.29. The first-order valence-corrected chi connectivity index (χ1v) is 8.38. The molecule has 0 aliphatic carbocycles. The van der Waals surface area contributed by atoms with Crippen LogP contribution in [0.3, 0.4) is 0 Å². The number of hydrogen-bond acceptors (Lipinski definition) is 4. The lowest BCUT2D eigenvalue weighted by molar-refractivity contribution is 0.431. The SMILES string of the molecule is C.Oc1cccnc1-c1c(-c2ccc(Cl)cc2F)noc1-c1ccc(F)cc1F. The summed E-state index contributed by atoms with van der Waals surface area (Å²) in [7, 11) is 0. The fraction of sp³-hybridized carbons (Fsp3) is 0.0476. The average Bonchev–Trinajstić information content (AvgIpc) is 3.06. The second kappa shape index (κ2) is 7.97. The first-order chi connectivity index (χ1) is 13.5. The molecule has 0 amide bonds. The summed E-state index contributed by atoms with van der Waals surface area (Å²) in [5.41, 5.74) is -0.0462. The Labute approximate surface area is 169 Å². The van der Waals surface area contributed by atoms with Crippen LogP contribution >= 0.6 is 11.6 Å². The molecule has 29 heavy (non-hydrogen) atoms. The summed E-state index contributed by atoms with van der Waals surface area (Å²) in [6.07, 6.45) is 1.40. The summed E-state index contributed by atoms with van der Waals surface area (Å²) in [6.45, 7) is 0. The standard InChI is InChI=1S/C20H10ClF3N2O2.CH4/c21-10-3-5-12(14(23)8-10)18-17(19-16(27)2-1-7-25-19)20(28-26-18)13-6-4-11(22)9-15(13)24;/h1-9,27H;1H4. The topological polar surface area (TPSA) is 59.2 Å². The molecule has 4 nitrogen and oxygen atoms in total. The van der Waals surface area contributed by atoms with Gasteiger partial charge in [0.2, 0.25) is 0 Å². The summed E-state index contributed by atoms with van der Waals surface area (Å²) < 4.78 is 47.5. The van der Waals surface area contributed by atoms with Crippen molar-refractivity contribution in [3.63, 3.8) is 0 Å². The molecule has 0 atom stereocenters. The minimum Gasteiger partial charge on any atom is -0.506 e. The van der Waals surface area contributed by atoms with Crippen LogP contribution in [0.2, 0.25) is 5.02 Å². The van der Waals surface area contributed by atoms with E-state index in [4.69, 9.17) is 16.1 Å². The van der Waals surface area contributed by atoms with Gasteiger partial charge in [0.05, 0.1) is 11.1 Å². The van der Waals surface area contributed by atoms with Gasteiger partial charge in [0.1, 0.15) is 34.6 Å². The molecule has 4 rings (SSSR count). The highest BCUT2D eigenvalue weighted by molar-refractivity contribution is 6.30. The Bertz CT molecular complexity index is 1130. The zero-order valence-electron chi connectivity index (χ0n) is 14.0. The third-order valence-electron chi connectivity index (χ3n) is 4.08. The number of nitrogens with zero attached hydrogens (tertiary/aromatic N) is 2. The first-order valence-electron chi connectivity index (χ1n) is 8.00. The van der Waals surface area contributed by atoms with Gasteiger partial charge < -0.3 is 9.63 Å². The van der Waals surface area contributed by atoms with E-state index in [0.29, 0.717) is 6.07 Å². The number of aromatic nitrogens is 2. The van der Waals surface area contributed by atoms with E-state index in [-0.39, 0.29) is 52.0 Å². The molecular formula is C21H14ClF3N2O2. The van der Waals surface area contributed by atoms with Gasteiger partial charge in [-0.05, 0) is 42.5 Å². The maximum Gasteiger partial charge on any atom is 0.180 e. The van der Waals surface area contributed by atoms with Crippen molar-refractivity contribution in [1.29, 1.82) is 0 Å². The van der Waals surface area contributed by atoms with Gasteiger partial charge in [0.15, 0.2) is 5.76 Å². The largest absolute Gasteiger partial charge is 0.506 e. The third-order valence-corrected chi connectivity index (χ3v) is 4.31. The lowest BCUT2D eigenvalue weighted by atomic mass is 9.98. The highest BCUT2D eigenvalue weighted by Crippen LogP contribution is 2.43. The lowest BCUT2D eigenvalue weighted by Gasteiger charge is -2.07. The molecule has 2 heterocycles. The van der Waals surface area contributed by atoms with Crippen molar-refractivity contribution in [1.82, 2.24) is 10.1 Å². The van der Waals surface area contributed by atoms with Crippen LogP contribution in [0.15, 0.2) is 59.3 Å². The summed E-state index contributed by atoms with van der Waals surface area (Å²) in [4.78, 5) is 4.09. The summed E-state index contributed by atoms with van der Waals surface area (Å²) in [6, 6.07) is 9.67. The van der Waals surface area contributed by atoms with Crippen LogP contribution in [0.4, 0.5) is 13.2 Å². The normalized spacial score (nSPS) is 10.6. The second-order valence-electron chi connectivity index (χ2n) is 5.85. The number of rotatable bonds is 3. The van der Waals surface area contributed by atoms with Gasteiger partial charge in [0, 0.05) is 22.8 Å². The molecule has 0 fully saturated rings. The molecule has 0 unspecified atom stereocenters. The van der Waals surface area contributed by atoms with E-state index in [1.165, 1.54) is 30.5 Å². The van der Waals surface area contributed by atoms with E-state index in [2.05, 4.69) is 10.1 Å². The van der Waals surface area contributed by atoms with E-state index < -0.39 is 17.5 Å². The van der Waals surface area contributed by atoms with E-state index in [0.717, 1.165) is 18.2 Å². The molecule has 0 saturated heterocycles. The molecule has 0 aliphatic heterocycles. The number of benzene rings is 2. The predicted octanol–water partition coefficient (Wildman–Crippen LogP) is 6.48. The Hall–Kier alpha value is -3.32. The predicted molar refractivity (Wildman–Crippen MR) is 104 cm³/mol. The monoisotopic (exact) mass is 418 g/mol. The van der Waals surface area contributed by atoms with Crippen LogP contribution in [-0.2, 0) is 0 Å². The highest BCUT2D eigenvalue weighted by atomic mass is 35.5. The minimum absolute atomic E-state index is 0. The van der Waals surface area contributed by atoms with Gasteiger partial charge in [-0.1, -0.05) is 24.2 Å². The zero-order valence-corrected chi connectivity index (χ0v) is 14.7. The number of hydrogen-bond donors (Lipinski definition) is 1. The van der Waals surface area contributed by atoms with Crippen LogP contribution in [-0.4, -0.2) is 15.2 Å². The van der Waals surface area contributed by atoms with Gasteiger partial charge in [-0.2, -0.15) is 0 Å². The van der Waals surface area contributed by atoms with Crippen LogP contribution < -0.4 is 0 Å². The molecule has 0 aliphatic rings. The van der Waals surface area contributed by atoms with Crippen LogP contribution in [0.25, 0.3) is 33.8 Å². The van der Waals surface area contributed by atoms with Crippen molar-refractivity contribution in [2.75, 3.05) is 0 Å². The Morgan fingerprint density at radius 3 is 2.31 bits per heavy atom. The van der Waals surface area contributed by atoms with Crippen molar-refractivity contribution in [2.24, 2.45) is 0 Å². The summed E-state index contributed by atoms with van der Waals surface area (Å²) >= 11 is 5.80. The van der Waals surface area contributed by atoms with Crippen LogP contribution in [0.1, 0.15) is 7.43 Å². The number of pyridine rings is 1. The van der Waals surface area contributed by atoms with Crippen molar-refractivity contribution >= 4 is 11.6 Å². The van der Waals surface area contributed by atoms with Crippen molar-refractivity contribution < 1.29 is 22.8 Å². The maximum absolute atomic E-state index is 14.5. The van der Waals surface area contributed by atoms with Gasteiger partial charge in [0.25, 0.3) is 0 Å². The molecule has 2 aromatic heterocycles. The van der Waals surface area contributed by atoms with Gasteiger partial charge in [-0.3, -0.25) is 4.98 Å². The number of aromatic hydroxyl groups is 1. The molecule has 0 saturated carbocycles. The number of halogens is 4. The van der Waals surface area contributed by atoms with Gasteiger partial charge in [-0.15, -0.1) is 0 Å². The summed E-state index contributed by atoms with van der Waals surface area (Å²) in [5, 5.41) is 14.3. The van der Waals surface area contributed by atoms with Crippen molar-refractivity contribution in [2.45, 2.75) is 7.43 Å². The molecule has 4 aromatic rings. The molecule has 148 valence electrons. The van der Waals surface area contributed by atoms with Crippen LogP contribution in [0.5, 0.6) is 5.75 Å². The van der Waals surface area contributed by atoms with E-state index in [1.807, 2.05) is 0 Å². The fourth-order valence-electron chi connectivity index (χ4n) is 2.82. The highest BCUT2D eigenvalue weighted by Gasteiger charge is 2.27. The molecule has 1 N–H and O–H groups in total. The van der Waals surface area contributed by atoms with E-state index in [9.17, 15) is 18.3 Å². The maximum atomic E-state index is 14.5. The molecular weight excluding hydrogens is 405 g/mol. The van der Waals surface area contributed by atoms with Crippen molar-refractivity contribution in [3.05, 3.63) is 77.2 Å². The summed E-state index contributed by atoms with van der Waals surface area (Å²) in [5.74, 6) is -2.74. The Morgan fingerprint density at radius 1 is 0.897 bits per heavy atom. The van der Waals surface area contributed by atoms with Gasteiger partial charge in [-0.25, -0.2) is 13.2 Å². The molecule has 0 bridgehead atoms. The van der Waals surface area contributed by atoms with Gasteiger partial charge >= 0.3 is 0 Å². The Balaban J connectivity index is 0.00000240. The molecule has 0 radical (unpaired) electrons. The third kappa shape index (κ3) is 3.69. The average molecular weight is 419 g/mol. The Kier molecular flexibility index (Phi) is 5.61. The fourth-order valence-corrected chi connectivity index (χ4v) is 2.98. The molecule has 8 heteroatoms. The van der Waals surface area contributed by atoms with Crippen LogP contribution in [0, 0.1) is 17.5 Å². The lowest BCUT2D eigenvalue weighted by Crippen LogP contribution is -1.92. The first kappa shape index (κ1) is 20.4. The molecule has 0 spiro atoms. The quantitative estimate of drug-likeness (QED) is 0.413.